The highest BCUT2D eigenvalue weighted by atomic mass is 32.2. The first-order valence-electron chi connectivity index (χ1n) is 9.39. The number of fused-ring (bicyclic) bond motifs is 2. The van der Waals surface area contributed by atoms with Gasteiger partial charge in [0.15, 0.2) is 0 Å². The standard InChI is InChI=1S/C19H26N2O3S/c22-19(20-18-13-14-6-7-16(18)12-14)15-8-10-21(11-9-15)25(23,24)17-4-2-1-3-5-17/h1-5,14-16,18H,6-13H2,(H,20,22)/t14-,16+,18-/m0/s1. The molecule has 0 radical (unpaired) electrons. The Morgan fingerprint density at radius 3 is 2.32 bits per heavy atom. The molecule has 5 nitrogen and oxygen atoms in total. The van der Waals surface area contributed by atoms with Crippen LogP contribution in [0.25, 0.3) is 0 Å². The van der Waals surface area contributed by atoms with Crippen LogP contribution < -0.4 is 5.32 Å². The van der Waals surface area contributed by atoms with Crippen LogP contribution in [0.5, 0.6) is 0 Å². The third-order valence-corrected chi connectivity index (χ3v) is 8.18. The van der Waals surface area contributed by atoms with E-state index in [0.717, 1.165) is 12.3 Å². The number of piperidine rings is 1. The predicted molar refractivity (Wildman–Crippen MR) is 95.3 cm³/mol. The molecule has 1 heterocycles. The predicted octanol–water partition coefficient (Wildman–Crippen LogP) is 2.39. The van der Waals surface area contributed by atoms with Gasteiger partial charge in [0.05, 0.1) is 4.90 Å². The summed E-state index contributed by atoms with van der Waals surface area (Å²) in [6.07, 6.45) is 6.21. The lowest BCUT2D eigenvalue weighted by molar-refractivity contribution is -0.127. The van der Waals surface area contributed by atoms with E-state index in [0.29, 0.717) is 42.8 Å². The molecule has 6 heteroatoms. The van der Waals surface area contributed by atoms with Crippen LogP contribution >= 0.6 is 0 Å². The molecule has 1 saturated heterocycles. The third kappa shape index (κ3) is 3.34. The molecule has 3 aliphatic rings. The van der Waals surface area contributed by atoms with Crippen LogP contribution in [0.1, 0.15) is 38.5 Å². The van der Waals surface area contributed by atoms with Crippen molar-refractivity contribution in [1.29, 1.82) is 0 Å². The first kappa shape index (κ1) is 17.0. The number of carbonyl (C=O) groups excluding carboxylic acids is 1. The zero-order valence-corrected chi connectivity index (χ0v) is 15.2. The van der Waals surface area contributed by atoms with Crippen molar-refractivity contribution in [2.45, 2.75) is 49.5 Å². The summed E-state index contributed by atoms with van der Waals surface area (Å²) in [7, 11) is -3.44. The number of sulfonamides is 1. The van der Waals surface area contributed by atoms with Gasteiger partial charge in [-0.2, -0.15) is 4.31 Å². The molecule has 1 aromatic rings. The minimum Gasteiger partial charge on any atom is -0.353 e. The monoisotopic (exact) mass is 362 g/mol. The van der Waals surface area contributed by atoms with Gasteiger partial charge in [0.25, 0.3) is 0 Å². The summed E-state index contributed by atoms with van der Waals surface area (Å²) in [5, 5.41) is 3.26. The molecule has 0 spiro atoms. The lowest BCUT2D eigenvalue weighted by atomic mass is 9.93. The van der Waals surface area contributed by atoms with Crippen LogP contribution in [0.4, 0.5) is 0 Å². The Balaban J connectivity index is 1.33. The Morgan fingerprint density at radius 1 is 1.00 bits per heavy atom. The number of rotatable bonds is 4. The minimum absolute atomic E-state index is 0.0543. The molecule has 2 saturated carbocycles. The number of nitrogens with one attached hydrogen (secondary N) is 1. The van der Waals surface area contributed by atoms with Crippen molar-refractivity contribution in [3.63, 3.8) is 0 Å². The SMILES string of the molecule is O=C(N[C@H]1C[C@H]2CC[C@@H]1C2)C1CCN(S(=O)(=O)c2ccccc2)CC1. The van der Waals surface area contributed by atoms with Crippen molar-refractivity contribution in [2.75, 3.05) is 13.1 Å². The van der Waals surface area contributed by atoms with Crippen LogP contribution in [0.3, 0.4) is 0 Å². The number of benzene rings is 1. The topological polar surface area (TPSA) is 66.5 Å². The molecular weight excluding hydrogens is 336 g/mol. The highest BCUT2D eigenvalue weighted by Crippen LogP contribution is 2.44. The molecule has 1 aromatic carbocycles. The summed E-state index contributed by atoms with van der Waals surface area (Å²) in [6, 6.07) is 8.90. The summed E-state index contributed by atoms with van der Waals surface area (Å²) in [6.45, 7) is 0.845. The number of hydrogen-bond donors (Lipinski definition) is 1. The second-order valence-corrected chi connectivity index (χ2v) is 9.72. The van der Waals surface area contributed by atoms with Crippen LogP contribution in [-0.4, -0.2) is 37.8 Å². The highest BCUT2D eigenvalue weighted by Gasteiger charge is 2.41. The molecule has 3 fully saturated rings. The van der Waals surface area contributed by atoms with Crippen LogP contribution in [0.15, 0.2) is 35.2 Å². The lowest BCUT2D eigenvalue weighted by Crippen LogP contribution is -2.46. The van der Waals surface area contributed by atoms with Gasteiger partial charge in [-0.3, -0.25) is 4.79 Å². The molecule has 2 aliphatic carbocycles. The van der Waals surface area contributed by atoms with Crippen molar-refractivity contribution in [3.8, 4) is 0 Å². The Morgan fingerprint density at radius 2 is 1.72 bits per heavy atom. The lowest BCUT2D eigenvalue weighted by Gasteiger charge is -2.32. The molecule has 1 aliphatic heterocycles. The van der Waals surface area contributed by atoms with Crippen LogP contribution in [0.2, 0.25) is 0 Å². The van der Waals surface area contributed by atoms with Gasteiger partial charge < -0.3 is 5.32 Å². The van der Waals surface area contributed by atoms with E-state index in [1.165, 1.54) is 23.6 Å². The number of amides is 1. The van der Waals surface area contributed by atoms with Crippen molar-refractivity contribution in [3.05, 3.63) is 30.3 Å². The van der Waals surface area contributed by atoms with Crippen LogP contribution in [0, 0.1) is 17.8 Å². The normalized spacial score (nSPS) is 30.5. The molecule has 3 atom stereocenters. The molecule has 0 aromatic heterocycles. The van der Waals surface area contributed by atoms with Gasteiger partial charge in [-0.05, 0) is 56.1 Å². The molecule has 0 unspecified atom stereocenters. The van der Waals surface area contributed by atoms with Gasteiger partial charge in [-0.25, -0.2) is 8.42 Å². The molecule has 4 rings (SSSR count). The summed E-state index contributed by atoms with van der Waals surface area (Å²) < 4.78 is 26.8. The molecule has 25 heavy (non-hydrogen) atoms. The average Bonchev–Trinajstić information content (AvgIpc) is 3.25. The third-order valence-electron chi connectivity index (χ3n) is 6.27. The Kier molecular flexibility index (Phi) is 4.58. The van der Waals surface area contributed by atoms with Crippen LogP contribution in [-0.2, 0) is 14.8 Å². The fourth-order valence-corrected chi connectivity index (χ4v) is 6.31. The summed E-state index contributed by atoms with van der Waals surface area (Å²) in [4.78, 5) is 12.9. The summed E-state index contributed by atoms with van der Waals surface area (Å²) in [5.74, 6) is 1.57. The molecule has 1 N–H and O–H groups in total. The Bertz CT molecular complexity index is 726. The van der Waals surface area contributed by atoms with Gasteiger partial charge in [0, 0.05) is 25.0 Å². The van der Waals surface area contributed by atoms with Gasteiger partial charge in [0.2, 0.25) is 15.9 Å². The van der Waals surface area contributed by atoms with E-state index in [1.807, 2.05) is 6.07 Å². The first-order valence-corrected chi connectivity index (χ1v) is 10.8. The van der Waals surface area contributed by atoms with E-state index >= 15 is 0 Å². The zero-order valence-electron chi connectivity index (χ0n) is 14.4. The maximum Gasteiger partial charge on any atom is 0.243 e. The molecule has 136 valence electrons. The van der Waals surface area contributed by atoms with E-state index < -0.39 is 10.0 Å². The van der Waals surface area contributed by atoms with Gasteiger partial charge in [0.1, 0.15) is 0 Å². The van der Waals surface area contributed by atoms with E-state index in [-0.39, 0.29) is 11.8 Å². The average molecular weight is 362 g/mol. The second kappa shape index (κ2) is 6.72. The fraction of sp³-hybridized carbons (Fsp3) is 0.632. The van der Waals surface area contributed by atoms with Crippen molar-refractivity contribution >= 4 is 15.9 Å². The molecule has 2 bridgehead atoms. The Labute approximate surface area is 149 Å². The fourth-order valence-electron chi connectivity index (χ4n) is 4.82. The minimum atomic E-state index is -3.44. The Hall–Kier alpha value is -1.40. The van der Waals surface area contributed by atoms with E-state index in [9.17, 15) is 13.2 Å². The van der Waals surface area contributed by atoms with E-state index in [2.05, 4.69) is 5.32 Å². The first-order chi connectivity index (χ1) is 12.0. The van der Waals surface area contributed by atoms with E-state index in [1.54, 1.807) is 24.3 Å². The largest absolute Gasteiger partial charge is 0.353 e. The summed E-state index contributed by atoms with van der Waals surface area (Å²) in [5.41, 5.74) is 0. The maximum atomic E-state index is 12.7. The highest BCUT2D eigenvalue weighted by molar-refractivity contribution is 7.89. The smallest absolute Gasteiger partial charge is 0.243 e. The maximum absolute atomic E-state index is 12.7. The molecule has 1 amide bonds. The van der Waals surface area contributed by atoms with Crippen molar-refractivity contribution < 1.29 is 13.2 Å². The zero-order chi connectivity index (χ0) is 17.4. The van der Waals surface area contributed by atoms with Gasteiger partial charge in [-0.1, -0.05) is 24.6 Å². The van der Waals surface area contributed by atoms with Crippen molar-refractivity contribution in [2.24, 2.45) is 17.8 Å². The molecular formula is C19H26N2O3S. The number of nitrogens with zero attached hydrogens (tertiary/aromatic N) is 1. The number of carbonyl (C=O) groups is 1. The second-order valence-electron chi connectivity index (χ2n) is 7.78. The van der Waals surface area contributed by atoms with Crippen molar-refractivity contribution in [1.82, 2.24) is 9.62 Å². The van der Waals surface area contributed by atoms with E-state index in [4.69, 9.17) is 0 Å². The number of hydrogen-bond acceptors (Lipinski definition) is 3. The quantitative estimate of drug-likeness (QED) is 0.894. The van der Waals surface area contributed by atoms with Gasteiger partial charge in [-0.15, -0.1) is 0 Å². The summed E-state index contributed by atoms with van der Waals surface area (Å²) >= 11 is 0. The van der Waals surface area contributed by atoms with Gasteiger partial charge >= 0.3 is 0 Å².